The van der Waals surface area contributed by atoms with Crippen molar-refractivity contribution in [3.8, 4) is 5.75 Å². The van der Waals surface area contributed by atoms with E-state index in [1.807, 2.05) is 43.3 Å². The van der Waals surface area contributed by atoms with E-state index in [1.165, 1.54) is 11.8 Å². The lowest BCUT2D eigenvalue weighted by Crippen LogP contribution is -2.28. The second-order valence-corrected chi connectivity index (χ2v) is 9.77. The molecule has 0 unspecified atom stereocenters. The second kappa shape index (κ2) is 12.3. The number of aliphatic imine (C=N–C) groups is 1. The zero-order valence-corrected chi connectivity index (χ0v) is 22.6. The molecule has 0 bridgehead atoms. The number of ether oxygens (including phenoxy) is 2. The third-order valence-electron chi connectivity index (χ3n) is 5.37. The van der Waals surface area contributed by atoms with Crippen molar-refractivity contribution in [3.63, 3.8) is 0 Å². The quantitative estimate of drug-likeness (QED) is 0.214. The molecule has 1 saturated heterocycles. The molecule has 0 aromatic heterocycles. The molecule has 0 saturated carbocycles. The number of halogens is 2. The first kappa shape index (κ1) is 26.8. The molecule has 0 N–H and O–H groups in total. The molecule has 3 aromatic carbocycles. The number of carbonyl (C=O) groups is 2. The summed E-state index contributed by atoms with van der Waals surface area (Å²) in [5, 5.41) is 1.68. The van der Waals surface area contributed by atoms with E-state index < -0.39 is 5.97 Å². The highest BCUT2D eigenvalue weighted by Crippen LogP contribution is 2.34. The van der Waals surface area contributed by atoms with Crippen LogP contribution in [0.1, 0.15) is 35.3 Å². The summed E-state index contributed by atoms with van der Waals surface area (Å²) in [5.41, 5.74) is 2.68. The molecule has 1 aliphatic heterocycles. The fraction of sp³-hybridized carbons (Fsp3) is 0.179. The van der Waals surface area contributed by atoms with E-state index in [9.17, 15) is 9.59 Å². The fourth-order valence-electron chi connectivity index (χ4n) is 3.51. The summed E-state index contributed by atoms with van der Waals surface area (Å²) < 4.78 is 10.9. The molecular formula is C28H24Cl2N2O4S. The lowest BCUT2D eigenvalue weighted by Gasteiger charge is -2.12. The van der Waals surface area contributed by atoms with Gasteiger partial charge in [-0.15, -0.1) is 0 Å². The van der Waals surface area contributed by atoms with Crippen LogP contribution in [0.3, 0.4) is 0 Å². The highest BCUT2D eigenvalue weighted by Gasteiger charge is 2.32. The minimum absolute atomic E-state index is 0.120. The molecule has 4 rings (SSSR count). The standard InChI is InChI=1S/C28H24Cl2N2O4S/c1-3-32-26(33)25(37-28(32)31-22-7-5-6-19(15-22)27(34)35-4-2)14-18-8-12-23(13-9-18)36-17-20-10-11-21(29)16-24(20)30/h5-16H,3-4,17H2,1-2H3. The van der Waals surface area contributed by atoms with Crippen LogP contribution in [0.25, 0.3) is 6.08 Å². The number of amidine groups is 1. The molecule has 0 aliphatic carbocycles. The largest absolute Gasteiger partial charge is 0.489 e. The number of hydrogen-bond acceptors (Lipinski definition) is 6. The number of benzene rings is 3. The molecule has 0 atom stereocenters. The van der Waals surface area contributed by atoms with Crippen LogP contribution in [0.4, 0.5) is 5.69 Å². The van der Waals surface area contributed by atoms with Gasteiger partial charge in [-0.25, -0.2) is 9.79 Å². The number of likely N-dealkylation sites (N-methyl/N-ethyl adjacent to an activating group) is 1. The first-order chi connectivity index (χ1) is 17.9. The minimum Gasteiger partial charge on any atom is -0.489 e. The number of nitrogens with zero attached hydrogens (tertiary/aromatic N) is 2. The normalized spacial score (nSPS) is 15.5. The number of amides is 1. The van der Waals surface area contributed by atoms with Crippen molar-refractivity contribution in [3.05, 3.63) is 98.4 Å². The van der Waals surface area contributed by atoms with Gasteiger partial charge in [0.05, 0.1) is 22.8 Å². The van der Waals surface area contributed by atoms with E-state index >= 15 is 0 Å². The Bertz CT molecular complexity index is 1370. The summed E-state index contributed by atoms with van der Waals surface area (Å²) in [6.45, 7) is 4.73. The van der Waals surface area contributed by atoms with E-state index in [0.29, 0.717) is 56.9 Å². The van der Waals surface area contributed by atoms with Crippen LogP contribution in [-0.2, 0) is 16.1 Å². The van der Waals surface area contributed by atoms with Gasteiger partial charge in [0, 0.05) is 22.2 Å². The first-order valence-corrected chi connectivity index (χ1v) is 13.2. The first-order valence-electron chi connectivity index (χ1n) is 11.6. The van der Waals surface area contributed by atoms with E-state index in [2.05, 4.69) is 4.99 Å². The van der Waals surface area contributed by atoms with Crippen LogP contribution in [0, 0.1) is 0 Å². The lowest BCUT2D eigenvalue weighted by molar-refractivity contribution is -0.122. The summed E-state index contributed by atoms with van der Waals surface area (Å²) >= 11 is 13.4. The Morgan fingerprint density at radius 3 is 2.54 bits per heavy atom. The molecular weight excluding hydrogens is 531 g/mol. The predicted octanol–water partition coefficient (Wildman–Crippen LogP) is 7.37. The zero-order chi connectivity index (χ0) is 26.4. The lowest BCUT2D eigenvalue weighted by atomic mass is 10.2. The molecule has 1 aliphatic rings. The van der Waals surface area contributed by atoms with E-state index in [0.717, 1.165) is 11.1 Å². The molecule has 9 heteroatoms. The van der Waals surface area contributed by atoms with Crippen molar-refractivity contribution in [1.82, 2.24) is 4.90 Å². The highest BCUT2D eigenvalue weighted by atomic mass is 35.5. The highest BCUT2D eigenvalue weighted by molar-refractivity contribution is 8.18. The molecule has 0 spiro atoms. The van der Waals surface area contributed by atoms with Crippen molar-refractivity contribution in [2.75, 3.05) is 13.2 Å². The Hall–Kier alpha value is -3.26. The summed E-state index contributed by atoms with van der Waals surface area (Å²) in [6.07, 6.45) is 1.83. The average Bonchev–Trinajstić information content (AvgIpc) is 3.18. The number of thioether (sulfide) groups is 1. The maximum absolute atomic E-state index is 13.0. The van der Waals surface area contributed by atoms with Crippen molar-refractivity contribution < 1.29 is 19.1 Å². The van der Waals surface area contributed by atoms with E-state index in [-0.39, 0.29) is 5.91 Å². The van der Waals surface area contributed by atoms with Gasteiger partial charge in [-0.1, -0.05) is 47.5 Å². The number of carbonyl (C=O) groups excluding carboxylic acids is 2. The molecule has 0 radical (unpaired) electrons. The molecule has 1 fully saturated rings. The number of hydrogen-bond donors (Lipinski definition) is 0. The maximum Gasteiger partial charge on any atom is 0.338 e. The van der Waals surface area contributed by atoms with Gasteiger partial charge in [-0.2, -0.15) is 0 Å². The third kappa shape index (κ3) is 6.74. The summed E-state index contributed by atoms with van der Waals surface area (Å²) in [5.74, 6) is 0.152. The molecule has 190 valence electrons. The molecule has 6 nitrogen and oxygen atoms in total. The Labute approximate surface area is 229 Å². The SMILES string of the molecule is CCOC(=O)c1cccc(N=C2SC(=Cc3ccc(OCc4ccc(Cl)cc4Cl)cc3)C(=O)N2CC)c1. The van der Waals surface area contributed by atoms with Crippen LogP contribution in [-0.4, -0.2) is 35.1 Å². The van der Waals surface area contributed by atoms with Gasteiger partial charge < -0.3 is 9.47 Å². The van der Waals surface area contributed by atoms with Crippen LogP contribution in [0.2, 0.25) is 10.0 Å². The smallest absolute Gasteiger partial charge is 0.338 e. The average molecular weight is 555 g/mol. The Morgan fingerprint density at radius 2 is 1.84 bits per heavy atom. The minimum atomic E-state index is -0.406. The second-order valence-electron chi connectivity index (χ2n) is 7.92. The molecule has 1 amide bonds. The zero-order valence-electron chi connectivity index (χ0n) is 20.2. The van der Waals surface area contributed by atoms with Gasteiger partial charge in [0.15, 0.2) is 5.17 Å². The van der Waals surface area contributed by atoms with Gasteiger partial charge in [0.25, 0.3) is 5.91 Å². The van der Waals surface area contributed by atoms with Crippen LogP contribution in [0.5, 0.6) is 5.75 Å². The monoisotopic (exact) mass is 554 g/mol. The van der Waals surface area contributed by atoms with Gasteiger partial charge >= 0.3 is 5.97 Å². The topological polar surface area (TPSA) is 68.2 Å². The van der Waals surface area contributed by atoms with Crippen molar-refractivity contribution >= 4 is 63.8 Å². The molecule has 3 aromatic rings. The number of rotatable bonds is 8. The van der Waals surface area contributed by atoms with Crippen molar-refractivity contribution in [2.45, 2.75) is 20.5 Å². The maximum atomic E-state index is 13.0. The third-order valence-corrected chi connectivity index (χ3v) is 6.97. The van der Waals surface area contributed by atoms with Crippen LogP contribution in [0.15, 0.2) is 76.6 Å². The predicted molar refractivity (Wildman–Crippen MR) is 150 cm³/mol. The van der Waals surface area contributed by atoms with E-state index in [4.69, 9.17) is 32.7 Å². The molecule has 37 heavy (non-hydrogen) atoms. The number of esters is 1. The van der Waals surface area contributed by atoms with Gasteiger partial charge in [0.2, 0.25) is 0 Å². The summed E-state index contributed by atoms with van der Waals surface area (Å²) in [6, 6.07) is 19.6. The molecule has 1 heterocycles. The Morgan fingerprint density at radius 1 is 1.05 bits per heavy atom. The van der Waals surface area contributed by atoms with Crippen LogP contribution >= 0.6 is 35.0 Å². The van der Waals surface area contributed by atoms with Gasteiger partial charge in [-0.05, 0) is 79.7 Å². The Balaban J connectivity index is 1.47. The van der Waals surface area contributed by atoms with Crippen molar-refractivity contribution in [1.29, 1.82) is 0 Å². The fourth-order valence-corrected chi connectivity index (χ4v) is 5.03. The van der Waals surface area contributed by atoms with Crippen LogP contribution < -0.4 is 4.74 Å². The summed E-state index contributed by atoms with van der Waals surface area (Å²) in [7, 11) is 0. The Kier molecular flexibility index (Phi) is 8.92. The summed E-state index contributed by atoms with van der Waals surface area (Å²) in [4.78, 5) is 31.9. The van der Waals surface area contributed by atoms with Gasteiger partial charge in [0.1, 0.15) is 12.4 Å². The van der Waals surface area contributed by atoms with Gasteiger partial charge in [-0.3, -0.25) is 9.69 Å². The van der Waals surface area contributed by atoms with Crippen molar-refractivity contribution in [2.24, 2.45) is 4.99 Å². The van der Waals surface area contributed by atoms with E-state index in [1.54, 1.807) is 48.2 Å².